The minimum Gasteiger partial charge on any atom is -0.450 e. The Hall–Kier alpha value is -1.46. The summed E-state index contributed by atoms with van der Waals surface area (Å²) in [4.78, 5) is 33.7. The molecule has 1 fully saturated rings. The van der Waals surface area contributed by atoms with Crippen molar-refractivity contribution in [3.63, 3.8) is 0 Å². The highest BCUT2D eigenvalue weighted by atomic mass is 127. The van der Waals surface area contributed by atoms with Crippen LogP contribution in [0.5, 0.6) is 0 Å². The highest BCUT2D eigenvalue weighted by Crippen LogP contribution is 2.10. The summed E-state index contributed by atoms with van der Waals surface area (Å²) in [5, 5.41) is 3.36. The summed E-state index contributed by atoms with van der Waals surface area (Å²) in [6.45, 7) is 13.7. The van der Waals surface area contributed by atoms with Crippen molar-refractivity contribution in [3.05, 3.63) is 0 Å². The fourth-order valence-corrected chi connectivity index (χ4v) is 2.86. The van der Waals surface area contributed by atoms with Crippen LogP contribution in [-0.4, -0.2) is 98.4 Å². The first-order valence-corrected chi connectivity index (χ1v) is 9.88. The lowest BCUT2D eigenvalue weighted by molar-refractivity contribution is 0.0277. The second kappa shape index (κ2) is 13.0. The molecule has 10 heteroatoms. The summed E-state index contributed by atoms with van der Waals surface area (Å²) in [7, 11) is 3.49. The number of nitrogens with zero attached hydrogens (tertiary/aromatic N) is 4. The van der Waals surface area contributed by atoms with Gasteiger partial charge in [-0.05, 0) is 33.6 Å². The quantitative estimate of drug-likeness (QED) is 0.336. The number of halogens is 1. The Morgan fingerprint density at radius 1 is 1.17 bits per heavy atom. The maximum Gasteiger partial charge on any atom is 0.410 e. The number of ether oxygens (including phenoxy) is 2. The van der Waals surface area contributed by atoms with Gasteiger partial charge in [0.15, 0.2) is 5.96 Å². The third-order valence-electron chi connectivity index (χ3n) is 4.22. The van der Waals surface area contributed by atoms with Crippen molar-refractivity contribution in [1.29, 1.82) is 0 Å². The molecule has 1 aliphatic heterocycles. The van der Waals surface area contributed by atoms with Gasteiger partial charge in [-0.1, -0.05) is 6.92 Å². The molecule has 1 unspecified atom stereocenters. The number of amides is 2. The molecule has 9 nitrogen and oxygen atoms in total. The molecular formula is C19H38IN5O4. The smallest absolute Gasteiger partial charge is 0.410 e. The fraction of sp³-hybridized carbons (Fsp3) is 0.842. The van der Waals surface area contributed by atoms with Gasteiger partial charge in [-0.3, -0.25) is 4.99 Å². The normalized spacial score (nSPS) is 15.9. The van der Waals surface area contributed by atoms with E-state index in [0.717, 1.165) is 5.96 Å². The molecular weight excluding hydrogens is 489 g/mol. The lowest BCUT2D eigenvalue weighted by Gasteiger charge is -2.36. The zero-order valence-electron chi connectivity index (χ0n) is 18.9. The first-order valence-electron chi connectivity index (χ1n) is 9.88. The standard InChI is InChI=1S/C19H37N5O4.HI/c1-8-27-18(26)24-11-9-23(10-12-24)16(20-6)21-13-15(2)14-22(7)17(25)28-19(3,4)5;/h15H,8-14H2,1-7H3,(H,20,21);1H. The van der Waals surface area contributed by atoms with Gasteiger partial charge in [0.2, 0.25) is 0 Å². The lowest BCUT2D eigenvalue weighted by atomic mass is 10.1. The van der Waals surface area contributed by atoms with Crippen molar-refractivity contribution in [2.45, 2.75) is 40.2 Å². The molecule has 170 valence electrons. The molecule has 0 spiro atoms. The van der Waals surface area contributed by atoms with Gasteiger partial charge in [-0.25, -0.2) is 9.59 Å². The summed E-state index contributed by atoms with van der Waals surface area (Å²) in [6.07, 6.45) is -0.581. The van der Waals surface area contributed by atoms with Crippen molar-refractivity contribution in [2.24, 2.45) is 10.9 Å². The Morgan fingerprint density at radius 3 is 2.21 bits per heavy atom. The molecule has 1 rings (SSSR count). The van der Waals surface area contributed by atoms with Crippen molar-refractivity contribution < 1.29 is 19.1 Å². The van der Waals surface area contributed by atoms with Crippen LogP contribution in [0.3, 0.4) is 0 Å². The number of guanidine groups is 1. The Bertz CT molecular complexity index is 545. The van der Waals surface area contributed by atoms with Crippen LogP contribution in [0.25, 0.3) is 0 Å². The zero-order valence-corrected chi connectivity index (χ0v) is 21.2. The molecule has 29 heavy (non-hydrogen) atoms. The average Bonchev–Trinajstić information content (AvgIpc) is 2.61. The molecule has 0 aromatic heterocycles. The van der Waals surface area contributed by atoms with Gasteiger partial charge >= 0.3 is 12.2 Å². The van der Waals surface area contributed by atoms with Crippen molar-refractivity contribution in [2.75, 3.05) is 60.0 Å². The van der Waals surface area contributed by atoms with Crippen LogP contribution in [0, 0.1) is 5.92 Å². The van der Waals surface area contributed by atoms with E-state index < -0.39 is 5.60 Å². The largest absolute Gasteiger partial charge is 0.450 e. The Balaban J connectivity index is 0.00000784. The van der Waals surface area contributed by atoms with E-state index in [2.05, 4.69) is 22.1 Å². The average molecular weight is 527 g/mol. The highest BCUT2D eigenvalue weighted by molar-refractivity contribution is 14.0. The van der Waals surface area contributed by atoms with E-state index in [0.29, 0.717) is 45.9 Å². The first kappa shape index (κ1) is 27.5. The van der Waals surface area contributed by atoms with E-state index in [1.54, 1.807) is 30.8 Å². The number of hydrogen-bond acceptors (Lipinski definition) is 5. The number of carbonyl (C=O) groups excluding carboxylic acids is 2. The molecule has 0 aromatic rings. The third kappa shape index (κ3) is 10.2. The van der Waals surface area contributed by atoms with Crippen LogP contribution in [-0.2, 0) is 9.47 Å². The predicted molar refractivity (Wildman–Crippen MR) is 125 cm³/mol. The molecule has 1 aliphatic rings. The molecule has 2 amide bonds. The van der Waals surface area contributed by atoms with E-state index in [-0.39, 0.29) is 42.1 Å². The van der Waals surface area contributed by atoms with Crippen LogP contribution in [0.15, 0.2) is 4.99 Å². The van der Waals surface area contributed by atoms with Gasteiger partial charge in [0.05, 0.1) is 6.61 Å². The van der Waals surface area contributed by atoms with E-state index in [9.17, 15) is 9.59 Å². The van der Waals surface area contributed by atoms with E-state index in [1.807, 2.05) is 20.8 Å². The van der Waals surface area contributed by atoms with E-state index >= 15 is 0 Å². The summed E-state index contributed by atoms with van der Waals surface area (Å²) in [5.74, 6) is 1.02. The minimum atomic E-state index is -0.499. The van der Waals surface area contributed by atoms with Crippen LogP contribution in [0.1, 0.15) is 34.6 Å². The Kier molecular flexibility index (Phi) is 12.3. The molecule has 1 heterocycles. The molecule has 0 aromatic carbocycles. The van der Waals surface area contributed by atoms with Gasteiger partial charge in [0.25, 0.3) is 0 Å². The van der Waals surface area contributed by atoms with Crippen LogP contribution < -0.4 is 5.32 Å². The second-order valence-electron chi connectivity index (χ2n) is 8.07. The zero-order chi connectivity index (χ0) is 21.3. The molecule has 0 saturated carbocycles. The summed E-state index contributed by atoms with van der Waals surface area (Å²) in [6, 6.07) is 0. The first-order chi connectivity index (χ1) is 13.1. The van der Waals surface area contributed by atoms with Gasteiger partial charge in [-0.2, -0.15) is 0 Å². The monoisotopic (exact) mass is 527 g/mol. The fourth-order valence-electron chi connectivity index (χ4n) is 2.86. The lowest BCUT2D eigenvalue weighted by Crippen LogP contribution is -2.54. The van der Waals surface area contributed by atoms with Crippen LogP contribution in [0.2, 0.25) is 0 Å². The van der Waals surface area contributed by atoms with E-state index in [4.69, 9.17) is 9.47 Å². The topological polar surface area (TPSA) is 86.7 Å². The minimum absolute atomic E-state index is 0. The van der Waals surface area contributed by atoms with Gasteiger partial charge in [0, 0.05) is 53.4 Å². The highest BCUT2D eigenvalue weighted by Gasteiger charge is 2.24. The number of hydrogen-bond donors (Lipinski definition) is 1. The Morgan fingerprint density at radius 2 is 1.72 bits per heavy atom. The molecule has 1 atom stereocenters. The second-order valence-corrected chi connectivity index (χ2v) is 8.07. The molecule has 0 bridgehead atoms. The van der Waals surface area contributed by atoms with Crippen molar-refractivity contribution in [3.8, 4) is 0 Å². The maximum atomic E-state index is 12.1. The number of piperazine rings is 1. The molecule has 1 saturated heterocycles. The van der Waals surface area contributed by atoms with Crippen molar-refractivity contribution in [1.82, 2.24) is 20.0 Å². The van der Waals surface area contributed by atoms with Gasteiger partial charge in [0.1, 0.15) is 5.60 Å². The molecule has 0 aliphatic carbocycles. The van der Waals surface area contributed by atoms with Crippen molar-refractivity contribution >= 4 is 42.1 Å². The van der Waals surface area contributed by atoms with Crippen LogP contribution in [0.4, 0.5) is 9.59 Å². The number of nitrogens with one attached hydrogen (secondary N) is 1. The van der Waals surface area contributed by atoms with Gasteiger partial charge in [-0.15, -0.1) is 24.0 Å². The number of rotatable bonds is 5. The Labute approximate surface area is 192 Å². The summed E-state index contributed by atoms with van der Waals surface area (Å²) in [5.41, 5.74) is -0.499. The van der Waals surface area contributed by atoms with Crippen LogP contribution >= 0.6 is 24.0 Å². The third-order valence-corrected chi connectivity index (χ3v) is 4.22. The SMILES string of the molecule is CCOC(=O)N1CCN(C(=NC)NCC(C)CN(C)C(=O)OC(C)(C)C)CC1.I. The summed E-state index contributed by atoms with van der Waals surface area (Å²) < 4.78 is 10.4. The number of aliphatic imine (C=N–C) groups is 1. The van der Waals surface area contributed by atoms with Gasteiger partial charge < -0.3 is 29.5 Å². The molecule has 1 N–H and O–H groups in total. The maximum absolute atomic E-state index is 12.1. The summed E-state index contributed by atoms with van der Waals surface area (Å²) >= 11 is 0. The molecule has 0 radical (unpaired) electrons. The number of carbonyl (C=O) groups is 2. The predicted octanol–water partition coefficient (Wildman–Crippen LogP) is 2.46. The van der Waals surface area contributed by atoms with E-state index in [1.165, 1.54) is 0 Å².